The molecule has 0 amide bonds. The Morgan fingerprint density at radius 3 is 2.68 bits per heavy atom. The molecule has 0 spiro atoms. The molecule has 168 valence electrons. The zero-order chi connectivity index (χ0) is 22.7. The number of para-hydroxylation sites is 1. The molecule has 11 heteroatoms. The summed E-state index contributed by atoms with van der Waals surface area (Å²) in [5.41, 5.74) is -0.939. The van der Waals surface area contributed by atoms with Gasteiger partial charge in [0, 0.05) is 18.7 Å². The van der Waals surface area contributed by atoms with Crippen LogP contribution in [-0.4, -0.2) is 43.5 Å². The lowest BCUT2D eigenvalue weighted by Gasteiger charge is -2.22. The smallest absolute Gasteiger partial charge is 0.330 e. The number of aliphatic hydroxyl groups excluding tert-OH is 2. The Balaban J connectivity index is 1.86. The summed E-state index contributed by atoms with van der Waals surface area (Å²) in [6.07, 6.45) is -1.93. The molecule has 1 aliphatic rings. The lowest BCUT2D eigenvalue weighted by atomic mass is 9.97. The minimum absolute atomic E-state index is 0.0717. The maximum atomic E-state index is 12.3. The summed E-state index contributed by atoms with van der Waals surface area (Å²) < 4.78 is 12.5. The molecule has 11 nitrogen and oxygen atoms in total. The second-order valence-electron chi connectivity index (χ2n) is 7.73. The molecule has 1 aliphatic heterocycles. The van der Waals surface area contributed by atoms with Gasteiger partial charge in [0.05, 0.1) is 41.5 Å². The molecule has 1 aromatic heterocycles. The lowest BCUT2D eigenvalue weighted by Crippen LogP contribution is -2.34. The number of aliphatic hydroxyl groups is 2. The number of hydrogen-bond acceptors (Lipinski definition) is 8. The highest BCUT2D eigenvalue weighted by Crippen LogP contribution is 2.33. The van der Waals surface area contributed by atoms with Gasteiger partial charge in [0.1, 0.15) is 12.3 Å². The van der Waals surface area contributed by atoms with Crippen LogP contribution in [0.4, 0.5) is 5.69 Å². The standard InChI is InChI=1S/C20H25N3O8/c1-11(2)18(13-5-3-4-6-14(13)23(28)29)30-10-12-8-22(20(27)21-19(12)26)17-7-15(25)16(9-24)31-17/h3-6,8,11,15-18,24-25H,7,9-10H2,1-2H3,(H,21,26,27)/t15?,16-,17-,18?/m0/s1. The van der Waals surface area contributed by atoms with Gasteiger partial charge in [-0.1, -0.05) is 26.0 Å². The van der Waals surface area contributed by atoms with Crippen molar-refractivity contribution in [2.24, 2.45) is 5.92 Å². The van der Waals surface area contributed by atoms with Gasteiger partial charge >= 0.3 is 5.69 Å². The number of rotatable bonds is 8. The number of aromatic amines is 1. The van der Waals surface area contributed by atoms with Crippen molar-refractivity contribution in [2.45, 2.75) is 51.4 Å². The normalized spacial score (nSPS) is 22.0. The Bertz CT molecular complexity index is 1050. The first-order valence-electron chi connectivity index (χ1n) is 9.86. The molecule has 3 N–H and O–H groups in total. The molecule has 0 radical (unpaired) electrons. The second kappa shape index (κ2) is 9.52. The van der Waals surface area contributed by atoms with E-state index in [1.54, 1.807) is 18.2 Å². The summed E-state index contributed by atoms with van der Waals surface area (Å²) in [5.74, 6) is -0.135. The Morgan fingerprint density at radius 1 is 1.35 bits per heavy atom. The Morgan fingerprint density at radius 2 is 2.06 bits per heavy atom. The molecule has 1 fully saturated rings. The summed E-state index contributed by atoms with van der Waals surface area (Å²) >= 11 is 0. The molecule has 2 heterocycles. The fraction of sp³-hybridized carbons (Fsp3) is 0.500. The number of aromatic nitrogens is 2. The van der Waals surface area contributed by atoms with Crippen LogP contribution in [0.5, 0.6) is 0 Å². The molecule has 2 unspecified atom stereocenters. The van der Waals surface area contributed by atoms with Gasteiger partial charge < -0.3 is 19.7 Å². The molecule has 0 bridgehead atoms. The van der Waals surface area contributed by atoms with Gasteiger partial charge in [-0.3, -0.25) is 24.5 Å². The van der Waals surface area contributed by atoms with Crippen molar-refractivity contribution in [1.29, 1.82) is 0 Å². The Labute approximate surface area is 177 Å². The zero-order valence-electron chi connectivity index (χ0n) is 17.1. The molecule has 2 aromatic rings. The first kappa shape index (κ1) is 22.8. The Hall–Kier alpha value is -2.86. The highest BCUT2D eigenvalue weighted by Gasteiger charge is 2.35. The fourth-order valence-electron chi connectivity index (χ4n) is 3.61. The van der Waals surface area contributed by atoms with Crippen LogP contribution in [-0.2, 0) is 16.1 Å². The van der Waals surface area contributed by atoms with Crippen LogP contribution in [0.2, 0.25) is 0 Å². The van der Waals surface area contributed by atoms with Crippen molar-refractivity contribution >= 4 is 5.69 Å². The predicted molar refractivity (Wildman–Crippen MR) is 108 cm³/mol. The fourth-order valence-corrected chi connectivity index (χ4v) is 3.61. The molecule has 1 aromatic carbocycles. The highest BCUT2D eigenvalue weighted by molar-refractivity contribution is 5.41. The largest absolute Gasteiger partial charge is 0.394 e. The molecule has 4 atom stereocenters. The van der Waals surface area contributed by atoms with Gasteiger partial charge in [0.2, 0.25) is 0 Å². The van der Waals surface area contributed by atoms with Crippen LogP contribution in [0.3, 0.4) is 0 Å². The number of hydrogen-bond donors (Lipinski definition) is 3. The van der Waals surface area contributed by atoms with Crippen LogP contribution in [0.25, 0.3) is 0 Å². The summed E-state index contributed by atoms with van der Waals surface area (Å²) in [4.78, 5) is 37.6. The maximum Gasteiger partial charge on any atom is 0.330 e. The number of H-pyrrole nitrogens is 1. The Kier molecular flexibility index (Phi) is 7.01. The van der Waals surface area contributed by atoms with Crippen molar-refractivity contribution < 1.29 is 24.6 Å². The van der Waals surface area contributed by atoms with Crippen LogP contribution in [0, 0.1) is 16.0 Å². The van der Waals surface area contributed by atoms with E-state index in [2.05, 4.69) is 4.98 Å². The van der Waals surface area contributed by atoms with Crippen LogP contribution in [0.15, 0.2) is 40.1 Å². The van der Waals surface area contributed by atoms with Gasteiger partial charge in [0.15, 0.2) is 0 Å². The van der Waals surface area contributed by atoms with Gasteiger partial charge in [-0.2, -0.15) is 0 Å². The maximum absolute atomic E-state index is 12.3. The van der Waals surface area contributed by atoms with Gasteiger partial charge in [0.25, 0.3) is 11.2 Å². The number of benzene rings is 1. The third kappa shape index (κ3) is 4.90. The number of nitrogens with one attached hydrogen (secondary N) is 1. The molecule has 3 rings (SSSR count). The van der Waals surface area contributed by atoms with E-state index in [-0.39, 0.29) is 30.2 Å². The van der Waals surface area contributed by atoms with E-state index in [4.69, 9.17) is 9.47 Å². The summed E-state index contributed by atoms with van der Waals surface area (Å²) in [7, 11) is 0. The van der Waals surface area contributed by atoms with E-state index in [0.29, 0.717) is 5.56 Å². The van der Waals surface area contributed by atoms with Crippen molar-refractivity contribution in [1.82, 2.24) is 9.55 Å². The van der Waals surface area contributed by atoms with E-state index in [1.165, 1.54) is 12.3 Å². The quantitative estimate of drug-likeness (QED) is 0.409. The SMILES string of the molecule is CC(C)C(OCc1cn([C@@H]2CC(O)[C@H](CO)O2)c(=O)[nH]c1=O)c1ccccc1[N+](=O)[O-]. The molecular weight excluding hydrogens is 410 g/mol. The van der Waals surface area contributed by atoms with Gasteiger partial charge in [-0.15, -0.1) is 0 Å². The average molecular weight is 435 g/mol. The van der Waals surface area contributed by atoms with Crippen LogP contribution >= 0.6 is 0 Å². The summed E-state index contributed by atoms with van der Waals surface area (Å²) in [6, 6.07) is 6.24. The van der Waals surface area contributed by atoms with Crippen molar-refractivity contribution in [2.75, 3.05) is 6.61 Å². The molecule has 0 saturated carbocycles. The molecule has 31 heavy (non-hydrogen) atoms. The average Bonchev–Trinajstić information content (AvgIpc) is 3.10. The van der Waals surface area contributed by atoms with E-state index < -0.39 is 47.3 Å². The second-order valence-corrected chi connectivity index (χ2v) is 7.73. The summed E-state index contributed by atoms with van der Waals surface area (Å²) in [5, 5.41) is 30.5. The first-order valence-corrected chi connectivity index (χ1v) is 9.86. The van der Waals surface area contributed by atoms with Gasteiger partial charge in [-0.25, -0.2) is 4.79 Å². The topological polar surface area (TPSA) is 157 Å². The number of nitro benzene ring substituents is 1. The minimum Gasteiger partial charge on any atom is -0.394 e. The molecule has 1 saturated heterocycles. The molecule has 0 aliphatic carbocycles. The lowest BCUT2D eigenvalue weighted by molar-refractivity contribution is -0.386. The predicted octanol–water partition coefficient (Wildman–Crippen LogP) is 0.999. The van der Waals surface area contributed by atoms with Crippen LogP contribution < -0.4 is 11.2 Å². The minimum atomic E-state index is -0.947. The van der Waals surface area contributed by atoms with Crippen LogP contribution in [0.1, 0.15) is 43.7 Å². The highest BCUT2D eigenvalue weighted by atomic mass is 16.6. The van der Waals surface area contributed by atoms with Gasteiger partial charge in [-0.05, 0) is 12.0 Å². The zero-order valence-corrected chi connectivity index (χ0v) is 17.1. The van der Waals surface area contributed by atoms with E-state index >= 15 is 0 Å². The van der Waals surface area contributed by atoms with Crippen molar-refractivity contribution in [3.8, 4) is 0 Å². The monoisotopic (exact) mass is 435 g/mol. The molecular formula is C20H25N3O8. The number of nitrogens with zero attached hydrogens (tertiary/aromatic N) is 2. The van der Waals surface area contributed by atoms with Crippen molar-refractivity contribution in [3.63, 3.8) is 0 Å². The number of ether oxygens (including phenoxy) is 2. The number of nitro groups is 1. The van der Waals surface area contributed by atoms with E-state index in [9.17, 15) is 29.9 Å². The first-order chi connectivity index (χ1) is 14.7. The van der Waals surface area contributed by atoms with Crippen molar-refractivity contribution in [3.05, 3.63) is 72.5 Å². The third-order valence-corrected chi connectivity index (χ3v) is 5.20. The van der Waals surface area contributed by atoms with E-state index in [1.807, 2.05) is 13.8 Å². The summed E-state index contributed by atoms with van der Waals surface area (Å²) in [6.45, 7) is 3.07. The van der Waals surface area contributed by atoms with E-state index in [0.717, 1.165) is 4.57 Å². The third-order valence-electron chi connectivity index (χ3n) is 5.20.